The molecule has 1 N–H and O–H groups in total. The van der Waals surface area contributed by atoms with E-state index in [-0.39, 0.29) is 0 Å². The Balaban J connectivity index is 2.58. The minimum Gasteiger partial charge on any atom is -0.478 e. The summed E-state index contributed by atoms with van der Waals surface area (Å²) in [5.74, 6) is -0.904. The van der Waals surface area contributed by atoms with Crippen LogP contribution < -0.4 is 0 Å². The van der Waals surface area contributed by atoms with Crippen molar-refractivity contribution >= 4 is 38.3 Å². The van der Waals surface area contributed by atoms with Crippen molar-refractivity contribution in [2.24, 2.45) is 4.99 Å². The van der Waals surface area contributed by atoms with E-state index in [0.29, 0.717) is 16.6 Å². The molecule has 1 aliphatic rings. The molecule has 0 unspecified atom stereocenters. The minimum absolute atomic E-state index is 0.323. The second kappa shape index (κ2) is 3.98. The van der Waals surface area contributed by atoms with Gasteiger partial charge in [0.2, 0.25) is 0 Å². The topological polar surface area (TPSA) is 49.7 Å². The smallest absolute Gasteiger partial charge is 0.332 e. The number of rotatable bonds is 1. The number of fused-ring (bicyclic) bond motifs is 1. The molecule has 1 aromatic rings. The van der Waals surface area contributed by atoms with E-state index in [0.717, 1.165) is 11.3 Å². The molecule has 0 atom stereocenters. The molecule has 0 amide bonds. The summed E-state index contributed by atoms with van der Waals surface area (Å²) in [6.07, 6.45) is 1.99. The van der Waals surface area contributed by atoms with E-state index in [9.17, 15) is 4.79 Å². The Morgan fingerprint density at radius 1 is 1.40 bits per heavy atom. The summed E-state index contributed by atoms with van der Waals surface area (Å²) < 4.78 is 0.640. The average molecular weight is 266 g/mol. The van der Waals surface area contributed by atoms with Crippen LogP contribution in [0, 0.1) is 0 Å². The summed E-state index contributed by atoms with van der Waals surface area (Å²) in [4.78, 5) is 15.2. The maximum absolute atomic E-state index is 10.9. The van der Waals surface area contributed by atoms with Gasteiger partial charge in [-0.2, -0.15) is 0 Å². The molecule has 0 bridgehead atoms. The Morgan fingerprint density at radius 3 is 2.87 bits per heavy atom. The molecule has 1 heterocycles. The van der Waals surface area contributed by atoms with E-state index < -0.39 is 5.97 Å². The molecule has 4 heteroatoms. The lowest BCUT2D eigenvalue weighted by Gasteiger charge is -1.97. The van der Waals surface area contributed by atoms with Gasteiger partial charge in [-0.05, 0) is 28.1 Å². The van der Waals surface area contributed by atoms with Crippen molar-refractivity contribution in [2.45, 2.75) is 6.42 Å². The minimum atomic E-state index is -0.904. The third kappa shape index (κ3) is 2.15. The van der Waals surface area contributed by atoms with Crippen molar-refractivity contribution in [3.05, 3.63) is 35.4 Å². The van der Waals surface area contributed by atoms with Gasteiger partial charge in [0.1, 0.15) is 0 Å². The number of hydrogen-bond donors (Lipinski definition) is 1. The molecule has 0 saturated carbocycles. The number of carboxylic acids is 1. The van der Waals surface area contributed by atoms with Crippen molar-refractivity contribution in [3.8, 4) is 0 Å². The normalized spacial score (nSPS) is 14.7. The zero-order chi connectivity index (χ0) is 10.8. The molecular formula is C11H8BrNO2. The molecule has 1 aromatic carbocycles. The second-order valence-corrected chi connectivity index (χ2v) is 4.11. The first-order chi connectivity index (χ1) is 7.16. The summed E-state index contributed by atoms with van der Waals surface area (Å²) in [7, 11) is 0. The van der Waals surface area contributed by atoms with Crippen LogP contribution in [0.25, 0.3) is 6.08 Å². The number of nitrogens with zero attached hydrogens (tertiary/aromatic N) is 1. The average Bonchev–Trinajstić information content (AvgIpc) is 2.35. The molecule has 0 saturated heterocycles. The first kappa shape index (κ1) is 10.1. The fourth-order valence-corrected chi connectivity index (χ4v) is 1.91. The number of aliphatic carboxylic acids is 1. The van der Waals surface area contributed by atoms with Crippen LogP contribution in [0.4, 0.5) is 5.69 Å². The first-order valence-electron chi connectivity index (χ1n) is 4.43. The van der Waals surface area contributed by atoms with Crippen LogP contribution in [-0.4, -0.2) is 15.7 Å². The van der Waals surface area contributed by atoms with Crippen LogP contribution in [0.2, 0.25) is 0 Å². The number of carbonyl (C=O) groups is 1. The molecule has 76 valence electrons. The van der Waals surface area contributed by atoms with Crippen molar-refractivity contribution in [3.63, 3.8) is 0 Å². The number of para-hydroxylation sites is 1. The summed E-state index contributed by atoms with van der Waals surface area (Å²) in [5.41, 5.74) is 1.97. The highest BCUT2D eigenvalue weighted by Gasteiger charge is 2.14. The summed E-state index contributed by atoms with van der Waals surface area (Å²) in [5, 5.41) is 8.96. The van der Waals surface area contributed by atoms with E-state index >= 15 is 0 Å². The molecule has 0 spiro atoms. The van der Waals surface area contributed by atoms with Crippen molar-refractivity contribution < 1.29 is 9.90 Å². The van der Waals surface area contributed by atoms with Gasteiger partial charge in [0.05, 0.1) is 10.3 Å². The lowest BCUT2D eigenvalue weighted by atomic mass is 10.1. The molecule has 1 aliphatic heterocycles. The van der Waals surface area contributed by atoms with Crippen LogP contribution in [0.3, 0.4) is 0 Å². The van der Waals surface area contributed by atoms with Gasteiger partial charge in [-0.3, -0.25) is 0 Å². The standard InChI is InChI=1S/C11H8BrNO2/c12-10-6-8(11(14)15)5-7-3-1-2-4-9(7)13-10/h1-5H,6H2,(H,14,15). The number of halogens is 1. The molecule has 3 nitrogen and oxygen atoms in total. The lowest BCUT2D eigenvalue weighted by Crippen LogP contribution is -2.02. The van der Waals surface area contributed by atoms with Gasteiger partial charge in [-0.1, -0.05) is 18.2 Å². The van der Waals surface area contributed by atoms with Gasteiger partial charge in [0.15, 0.2) is 0 Å². The highest BCUT2D eigenvalue weighted by Crippen LogP contribution is 2.27. The maximum Gasteiger partial charge on any atom is 0.332 e. The molecule has 15 heavy (non-hydrogen) atoms. The summed E-state index contributed by atoms with van der Waals surface area (Å²) >= 11 is 3.26. The van der Waals surface area contributed by atoms with Crippen molar-refractivity contribution in [1.82, 2.24) is 0 Å². The van der Waals surface area contributed by atoms with Gasteiger partial charge < -0.3 is 5.11 Å². The van der Waals surface area contributed by atoms with E-state index in [1.54, 1.807) is 6.08 Å². The molecule has 0 radical (unpaired) electrons. The molecular weight excluding hydrogens is 258 g/mol. The van der Waals surface area contributed by atoms with Gasteiger partial charge in [0.25, 0.3) is 0 Å². The molecule has 0 aliphatic carbocycles. The molecule has 0 fully saturated rings. The molecule has 2 rings (SSSR count). The number of carboxylic acid groups (broad SMARTS) is 1. The third-order valence-corrected chi connectivity index (χ3v) is 2.58. The van der Waals surface area contributed by atoms with Crippen LogP contribution in [0.5, 0.6) is 0 Å². The lowest BCUT2D eigenvalue weighted by molar-refractivity contribution is -0.132. The SMILES string of the molecule is O=C(O)C1=Cc2ccccc2N=C(Br)C1. The number of hydrogen-bond acceptors (Lipinski definition) is 2. The maximum atomic E-state index is 10.9. The Morgan fingerprint density at radius 2 is 2.13 bits per heavy atom. The van der Waals surface area contributed by atoms with Crippen LogP contribution in [0.15, 0.2) is 34.8 Å². The van der Waals surface area contributed by atoms with Crippen LogP contribution >= 0.6 is 15.9 Å². The molecule has 0 aromatic heterocycles. The highest BCUT2D eigenvalue weighted by atomic mass is 79.9. The van der Waals surface area contributed by atoms with Gasteiger partial charge in [-0.25, -0.2) is 9.79 Å². The summed E-state index contributed by atoms with van der Waals surface area (Å²) in [6, 6.07) is 7.46. The number of aliphatic imine (C=N–C) groups is 1. The quantitative estimate of drug-likeness (QED) is 0.849. The van der Waals surface area contributed by atoms with E-state index in [4.69, 9.17) is 5.11 Å². The van der Waals surface area contributed by atoms with Gasteiger partial charge in [0, 0.05) is 17.6 Å². The van der Waals surface area contributed by atoms with Crippen LogP contribution in [-0.2, 0) is 4.79 Å². The fourth-order valence-electron chi connectivity index (χ4n) is 1.41. The highest BCUT2D eigenvalue weighted by molar-refractivity contribution is 9.18. The third-order valence-electron chi connectivity index (χ3n) is 2.12. The first-order valence-corrected chi connectivity index (χ1v) is 5.22. The zero-order valence-corrected chi connectivity index (χ0v) is 9.36. The van der Waals surface area contributed by atoms with Gasteiger partial charge in [-0.15, -0.1) is 0 Å². The monoisotopic (exact) mass is 265 g/mol. The Kier molecular flexibility index (Phi) is 2.68. The van der Waals surface area contributed by atoms with Crippen LogP contribution in [0.1, 0.15) is 12.0 Å². The fraction of sp³-hybridized carbons (Fsp3) is 0.0909. The zero-order valence-electron chi connectivity index (χ0n) is 7.77. The van der Waals surface area contributed by atoms with Crippen molar-refractivity contribution in [2.75, 3.05) is 0 Å². The Hall–Kier alpha value is -1.42. The predicted molar refractivity (Wildman–Crippen MR) is 62.7 cm³/mol. The second-order valence-electron chi connectivity index (χ2n) is 3.20. The Labute approximate surface area is 95.3 Å². The van der Waals surface area contributed by atoms with Crippen molar-refractivity contribution in [1.29, 1.82) is 0 Å². The Bertz CT molecular complexity index is 477. The largest absolute Gasteiger partial charge is 0.478 e. The predicted octanol–water partition coefficient (Wildman–Crippen LogP) is 2.98. The van der Waals surface area contributed by atoms with E-state index in [1.165, 1.54) is 0 Å². The number of benzene rings is 1. The summed E-state index contributed by atoms with van der Waals surface area (Å²) in [6.45, 7) is 0. The van der Waals surface area contributed by atoms with E-state index in [2.05, 4.69) is 20.9 Å². The van der Waals surface area contributed by atoms with E-state index in [1.807, 2.05) is 24.3 Å². The van der Waals surface area contributed by atoms with Gasteiger partial charge >= 0.3 is 5.97 Å².